The third-order valence-electron chi connectivity index (χ3n) is 4.37. The number of hydrazone groups is 1. The summed E-state index contributed by atoms with van der Waals surface area (Å²) in [5.74, 6) is 0. The normalized spacial score (nSPS) is 11.4. The Morgan fingerprint density at radius 1 is 0.840 bits per heavy atom. The van der Waals surface area contributed by atoms with E-state index in [4.69, 9.17) is 11.6 Å². The molecule has 0 saturated carbocycles. The maximum atomic E-state index is 6.17. The average Bonchev–Trinajstić information content (AvgIpc) is 2.64. The van der Waals surface area contributed by atoms with E-state index < -0.39 is 0 Å². The second kappa shape index (κ2) is 6.58. The highest BCUT2D eigenvalue weighted by Crippen LogP contribution is 2.27. The highest BCUT2D eigenvalue weighted by Gasteiger charge is 2.05. The number of rotatable bonds is 3. The fraction of sp³-hybridized carbons (Fsp3) is 0.0455. The third kappa shape index (κ3) is 3.09. The molecule has 2 nitrogen and oxygen atoms in total. The Hall–Kier alpha value is -2.84. The lowest BCUT2D eigenvalue weighted by molar-refractivity contribution is 1.34. The summed E-state index contributed by atoms with van der Waals surface area (Å²) in [6.07, 6.45) is 1.89. The van der Waals surface area contributed by atoms with Crippen molar-refractivity contribution in [1.29, 1.82) is 0 Å². The van der Waals surface area contributed by atoms with Gasteiger partial charge in [-0.2, -0.15) is 5.10 Å². The molecule has 1 N–H and O–H groups in total. The smallest absolute Gasteiger partial charge is 0.0576 e. The van der Waals surface area contributed by atoms with Crippen LogP contribution >= 0.6 is 11.6 Å². The van der Waals surface area contributed by atoms with Gasteiger partial charge in [0.05, 0.1) is 11.9 Å². The third-order valence-corrected chi connectivity index (χ3v) is 4.78. The Morgan fingerprint density at radius 2 is 1.48 bits per heavy atom. The van der Waals surface area contributed by atoms with Gasteiger partial charge in [-0.25, -0.2) is 0 Å². The van der Waals surface area contributed by atoms with Crippen molar-refractivity contribution >= 4 is 45.0 Å². The summed E-state index contributed by atoms with van der Waals surface area (Å²) in [6.45, 7) is 1.98. The van der Waals surface area contributed by atoms with Gasteiger partial charge in [-0.15, -0.1) is 0 Å². The van der Waals surface area contributed by atoms with Crippen LogP contribution in [0.5, 0.6) is 0 Å². The molecule has 3 heteroatoms. The van der Waals surface area contributed by atoms with Crippen molar-refractivity contribution in [2.45, 2.75) is 6.92 Å². The summed E-state index contributed by atoms with van der Waals surface area (Å²) in [7, 11) is 0. The van der Waals surface area contributed by atoms with Gasteiger partial charge in [0.1, 0.15) is 0 Å². The minimum absolute atomic E-state index is 0.732. The average molecular weight is 345 g/mol. The molecule has 0 saturated heterocycles. The maximum Gasteiger partial charge on any atom is 0.0576 e. The van der Waals surface area contributed by atoms with Crippen molar-refractivity contribution < 1.29 is 0 Å². The molecule has 0 radical (unpaired) electrons. The highest BCUT2D eigenvalue weighted by molar-refractivity contribution is 6.31. The topological polar surface area (TPSA) is 24.4 Å². The van der Waals surface area contributed by atoms with Crippen LogP contribution in [0.25, 0.3) is 21.5 Å². The molecule has 122 valence electrons. The summed E-state index contributed by atoms with van der Waals surface area (Å²) < 4.78 is 0. The Morgan fingerprint density at radius 3 is 2.12 bits per heavy atom. The fourth-order valence-corrected chi connectivity index (χ4v) is 3.20. The zero-order valence-corrected chi connectivity index (χ0v) is 14.6. The first kappa shape index (κ1) is 15.7. The molecule has 4 rings (SSSR count). The van der Waals surface area contributed by atoms with Crippen LogP contribution in [-0.2, 0) is 0 Å². The summed E-state index contributed by atoms with van der Waals surface area (Å²) in [5, 5.41) is 9.98. The number of hydrogen-bond donors (Lipinski definition) is 1. The second-order valence-electron chi connectivity index (χ2n) is 6.07. The van der Waals surface area contributed by atoms with Gasteiger partial charge >= 0.3 is 0 Å². The lowest BCUT2D eigenvalue weighted by Gasteiger charge is -2.08. The Balaban J connectivity index is 1.77. The van der Waals surface area contributed by atoms with E-state index in [0.717, 1.165) is 21.8 Å². The highest BCUT2D eigenvalue weighted by atomic mass is 35.5. The van der Waals surface area contributed by atoms with Crippen molar-refractivity contribution in [3.63, 3.8) is 0 Å². The summed E-state index contributed by atoms with van der Waals surface area (Å²) in [5.41, 5.74) is 6.11. The van der Waals surface area contributed by atoms with E-state index >= 15 is 0 Å². The fourth-order valence-electron chi connectivity index (χ4n) is 3.02. The molecular weight excluding hydrogens is 328 g/mol. The van der Waals surface area contributed by atoms with E-state index in [-0.39, 0.29) is 0 Å². The van der Waals surface area contributed by atoms with Crippen LogP contribution in [0.2, 0.25) is 5.02 Å². The summed E-state index contributed by atoms with van der Waals surface area (Å²) in [4.78, 5) is 0. The Labute approximate surface area is 151 Å². The van der Waals surface area contributed by atoms with Crippen LogP contribution < -0.4 is 5.43 Å². The van der Waals surface area contributed by atoms with E-state index in [9.17, 15) is 0 Å². The molecule has 0 fully saturated rings. The zero-order valence-electron chi connectivity index (χ0n) is 13.8. The largest absolute Gasteiger partial charge is 0.278 e. The number of halogens is 1. The predicted octanol–water partition coefficient (Wildman–Crippen LogP) is 6.40. The quantitative estimate of drug-likeness (QED) is 0.259. The molecule has 4 aromatic carbocycles. The van der Waals surface area contributed by atoms with E-state index in [1.807, 2.05) is 31.3 Å². The van der Waals surface area contributed by atoms with Gasteiger partial charge in [-0.1, -0.05) is 66.2 Å². The van der Waals surface area contributed by atoms with Gasteiger partial charge in [0, 0.05) is 10.6 Å². The second-order valence-corrected chi connectivity index (χ2v) is 6.47. The van der Waals surface area contributed by atoms with Crippen molar-refractivity contribution in [3.05, 3.63) is 88.9 Å². The lowest BCUT2D eigenvalue weighted by Crippen LogP contribution is -1.93. The van der Waals surface area contributed by atoms with Crippen molar-refractivity contribution in [2.75, 3.05) is 5.43 Å². The van der Waals surface area contributed by atoms with E-state index in [2.05, 4.69) is 65.1 Å². The van der Waals surface area contributed by atoms with Gasteiger partial charge in [-0.3, -0.25) is 5.43 Å². The monoisotopic (exact) mass is 344 g/mol. The van der Waals surface area contributed by atoms with E-state index in [1.54, 1.807) is 0 Å². The molecule has 0 spiro atoms. The van der Waals surface area contributed by atoms with Crippen LogP contribution in [0.15, 0.2) is 77.9 Å². The van der Waals surface area contributed by atoms with E-state index in [1.165, 1.54) is 21.5 Å². The number of fused-ring (bicyclic) bond motifs is 2. The molecule has 0 unspecified atom stereocenters. The molecule has 0 aliphatic rings. The lowest BCUT2D eigenvalue weighted by atomic mass is 9.97. The molecule has 0 aliphatic heterocycles. The molecular formula is C22H17ClN2. The van der Waals surface area contributed by atoms with Crippen LogP contribution in [0, 0.1) is 6.92 Å². The maximum absolute atomic E-state index is 6.17. The van der Waals surface area contributed by atoms with Crippen molar-refractivity contribution in [1.82, 2.24) is 0 Å². The Bertz CT molecular complexity index is 1050. The van der Waals surface area contributed by atoms with E-state index in [0.29, 0.717) is 0 Å². The van der Waals surface area contributed by atoms with Crippen LogP contribution in [0.3, 0.4) is 0 Å². The van der Waals surface area contributed by atoms with Crippen molar-refractivity contribution in [3.8, 4) is 0 Å². The first-order valence-corrected chi connectivity index (χ1v) is 8.56. The van der Waals surface area contributed by atoms with Gasteiger partial charge in [0.25, 0.3) is 0 Å². The van der Waals surface area contributed by atoms with Crippen LogP contribution in [-0.4, -0.2) is 6.21 Å². The minimum atomic E-state index is 0.732. The van der Waals surface area contributed by atoms with Gasteiger partial charge < -0.3 is 0 Å². The summed E-state index contributed by atoms with van der Waals surface area (Å²) in [6, 6.07) is 24.8. The molecule has 0 amide bonds. The van der Waals surface area contributed by atoms with Gasteiger partial charge in [0.2, 0.25) is 0 Å². The van der Waals surface area contributed by atoms with Gasteiger partial charge in [0.15, 0.2) is 0 Å². The molecule has 0 aromatic heterocycles. The number of hydrogen-bond acceptors (Lipinski definition) is 2. The number of nitrogens with zero attached hydrogens (tertiary/aromatic N) is 1. The van der Waals surface area contributed by atoms with Crippen molar-refractivity contribution in [2.24, 2.45) is 5.10 Å². The minimum Gasteiger partial charge on any atom is -0.278 e. The SMILES string of the molecule is Cc1ccc(N/N=C\c2c3ccccc3cc3ccccc23)cc1Cl. The number of benzene rings is 4. The molecule has 0 bridgehead atoms. The number of anilines is 1. The predicted molar refractivity (Wildman–Crippen MR) is 109 cm³/mol. The standard InChI is InChI=1S/C22H17ClN2/c1-15-10-11-18(13-22(15)23)25-24-14-21-19-8-4-2-6-16(19)12-17-7-3-5-9-20(17)21/h2-14,25H,1H3/b24-14-. The molecule has 25 heavy (non-hydrogen) atoms. The molecule has 0 atom stereocenters. The van der Waals surface area contributed by atoms with Gasteiger partial charge in [-0.05, 0) is 52.2 Å². The molecule has 0 aliphatic carbocycles. The first-order chi connectivity index (χ1) is 12.2. The number of nitrogens with one attached hydrogen (secondary N) is 1. The van der Waals surface area contributed by atoms with Crippen LogP contribution in [0.1, 0.15) is 11.1 Å². The Kier molecular flexibility index (Phi) is 4.12. The number of aryl methyl sites for hydroxylation is 1. The summed E-state index contributed by atoms with van der Waals surface area (Å²) >= 11 is 6.17. The molecule has 0 heterocycles. The first-order valence-electron chi connectivity index (χ1n) is 8.18. The zero-order chi connectivity index (χ0) is 17.2. The van der Waals surface area contributed by atoms with Crippen LogP contribution in [0.4, 0.5) is 5.69 Å². The molecule has 4 aromatic rings.